The molecule has 0 aromatic carbocycles. The van der Waals surface area contributed by atoms with E-state index in [0.29, 0.717) is 10.8 Å². The third-order valence-electron chi connectivity index (χ3n) is 5.50. The minimum atomic E-state index is 0.431. The highest BCUT2D eigenvalue weighted by atomic mass is 79.9. The van der Waals surface area contributed by atoms with E-state index in [0.717, 1.165) is 17.7 Å². The molecule has 1 aromatic heterocycles. The van der Waals surface area contributed by atoms with Crippen LogP contribution in [0, 0.1) is 16.7 Å². The molecule has 0 amide bonds. The van der Waals surface area contributed by atoms with E-state index in [2.05, 4.69) is 66.5 Å². The summed E-state index contributed by atoms with van der Waals surface area (Å²) in [5.74, 6) is 0.877. The highest BCUT2D eigenvalue weighted by molar-refractivity contribution is 9.09. The molecule has 3 heteroatoms. The Morgan fingerprint density at radius 2 is 1.95 bits per heavy atom. The highest BCUT2D eigenvalue weighted by Gasteiger charge is 2.38. The molecular weight excluding hydrogens is 324 g/mol. The smallest absolute Gasteiger partial charge is 0.0624 e. The molecule has 1 aliphatic rings. The molecule has 2 rings (SSSR count). The van der Waals surface area contributed by atoms with Gasteiger partial charge in [-0.15, -0.1) is 0 Å². The van der Waals surface area contributed by atoms with Crippen molar-refractivity contribution in [3.8, 4) is 0 Å². The quantitative estimate of drug-likeness (QED) is 0.684. The average molecular weight is 355 g/mol. The van der Waals surface area contributed by atoms with Gasteiger partial charge in [0.05, 0.1) is 5.69 Å². The number of aromatic nitrogens is 2. The van der Waals surface area contributed by atoms with Crippen LogP contribution in [-0.4, -0.2) is 15.1 Å². The van der Waals surface area contributed by atoms with Gasteiger partial charge in [0.1, 0.15) is 0 Å². The maximum atomic E-state index is 4.62. The van der Waals surface area contributed by atoms with Gasteiger partial charge in [0.2, 0.25) is 0 Å². The minimum absolute atomic E-state index is 0.431. The molecule has 0 radical (unpaired) electrons. The van der Waals surface area contributed by atoms with Crippen LogP contribution in [0.1, 0.15) is 64.8 Å². The molecule has 0 saturated heterocycles. The Balaban J connectivity index is 2.08. The van der Waals surface area contributed by atoms with E-state index in [-0.39, 0.29) is 0 Å². The Morgan fingerprint density at radius 1 is 1.33 bits per heavy atom. The van der Waals surface area contributed by atoms with Crippen LogP contribution in [0.4, 0.5) is 0 Å². The summed E-state index contributed by atoms with van der Waals surface area (Å²) in [6, 6.07) is 2.31. The van der Waals surface area contributed by atoms with Gasteiger partial charge in [0.15, 0.2) is 0 Å². The van der Waals surface area contributed by atoms with Gasteiger partial charge in [-0.3, -0.25) is 4.68 Å². The van der Waals surface area contributed by atoms with E-state index in [1.807, 2.05) is 0 Å². The van der Waals surface area contributed by atoms with E-state index in [9.17, 15) is 0 Å². The van der Waals surface area contributed by atoms with Crippen molar-refractivity contribution < 1.29 is 0 Å². The number of rotatable bonds is 4. The molecule has 1 heterocycles. The Morgan fingerprint density at radius 3 is 2.38 bits per heavy atom. The summed E-state index contributed by atoms with van der Waals surface area (Å²) in [4.78, 5) is 0. The van der Waals surface area contributed by atoms with Crippen LogP contribution >= 0.6 is 15.9 Å². The van der Waals surface area contributed by atoms with E-state index in [1.165, 1.54) is 43.5 Å². The molecule has 0 atom stereocenters. The summed E-state index contributed by atoms with van der Waals surface area (Å²) < 4.78 is 2.10. The van der Waals surface area contributed by atoms with E-state index >= 15 is 0 Å². The predicted molar refractivity (Wildman–Crippen MR) is 93.9 cm³/mol. The van der Waals surface area contributed by atoms with Gasteiger partial charge >= 0.3 is 0 Å². The van der Waals surface area contributed by atoms with Gasteiger partial charge in [-0.05, 0) is 61.3 Å². The van der Waals surface area contributed by atoms with Gasteiger partial charge in [-0.25, -0.2) is 0 Å². The summed E-state index contributed by atoms with van der Waals surface area (Å²) in [6.45, 7) is 9.37. The third kappa shape index (κ3) is 3.91. The molecule has 2 nitrogen and oxygen atoms in total. The Hall–Kier alpha value is -0.310. The van der Waals surface area contributed by atoms with Crippen molar-refractivity contribution in [2.75, 3.05) is 5.33 Å². The third-order valence-corrected chi connectivity index (χ3v) is 6.69. The Kier molecular flexibility index (Phi) is 5.23. The molecule has 0 spiro atoms. The fourth-order valence-electron chi connectivity index (χ4n) is 3.75. The fraction of sp³-hybridized carbons (Fsp3) is 0.833. The molecule has 1 saturated carbocycles. The first-order valence-corrected chi connectivity index (χ1v) is 9.49. The zero-order valence-corrected chi connectivity index (χ0v) is 16.0. The molecule has 1 aromatic rings. The normalized spacial score (nSPS) is 27.0. The van der Waals surface area contributed by atoms with Crippen molar-refractivity contribution >= 4 is 15.9 Å². The maximum absolute atomic E-state index is 4.62. The molecule has 21 heavy (non-hydrogen) atoms. The second kappa shape index (κ2) is 6.44. The number of halogens is 1. The number of hydrogen-bond donors (Lipinski definition) is 0. The lowest BCUT2D eigenvalue weighted by Gasteiger charge is -2.43. The second-order valence-corrected chi connectivity index (χ2v) is 8.62. The van der Waals surface area contributed by atoms with E-state index in [1.54, 1.807) is 0 Å². The standard InChI is InChI=1S/C18H31BrN2/c1-6-15-11-16(21(5)20-15)12-18(13-19)9-7-14(8-10-18)17(2,3)4/h11,14H,6-10,12-13H2,1-5H3. The molecule has 0 bridgehead atoms. The summed E-state index contributed by atoms with van der Waals surface area (Å²) in [6.07, 6.45) is 7.61. The van der Waals surface area contributed by atoms with Crippen molar-refractivity contribution in [1.29, 1.82) is 0 Å². The summed E-state index contributed by atoms with van der Waals surface area (Å²) in [5, 5.41) is 5.73. The number of aryl methyl sites for hydroxylation is 2. The summed E-state index contributed by atoms with van der Waals surface area (Å²) >= 11 is 3.81. The Bertz CT molecular complexity index is 462. The number of hydrogen-bond acceptors (Lipinski definition) is 1. The van der Waals surface area contributed by atoms with Crippen LogP contribution in [0.3, 0.4) is 0 Å². The largest absolute Gasteiger partial charge is 0.272 e. The number of alkyl halides is 1. The lowest BCUT2D eigenvalue weighted by Crippen LogP contribution is -2.35. The van der Waals surface area contributed by atoms with Crippen LogP contribution in [-0.2, 0) is 19.9 Å². The first-order valence-electron chi connectivity index (χ1n) is 8.37. The van der Waals surface area contributed by atoms with Crippen molar-refractivity contribution in [2.45, 2.75) is 66.2 Å². The zero-order chi connectivity index (χ0) is 15.7. The van der Waals surface area contributed by atoms with Crippen LogP contribution in [0.5, 0.6) is 0 Å². The highest BCUT2D eigenvalue weighted by Crippen LogP contribution is 2.47. The van der Waals surface area contributed by atoms with Gasteiger partial charge in [-0.2, -0.15) is 5.10 Å². The molecule has 1 fully saturated rings. The van der Waals surface area contributed by atoms with E-state index < -0.39 is 0 Å². The lowest BCUT2D eigenvalue weighted by molar-refractivity contribution is 0.102. The van der Waals surface area contributed by atoms with Crippen molar-refractivity contribution in [3.05, 3.63) is 17.5 Å². The van der Waals surface area contributed by atoms with Crippen LogP contribution in [0.2, 0.25) is 0 Å². The van der Waals surface area contributed by atoms with Crippen LogP contribution in [0.25, 0.3) is 0 Å². The molecule has 120 valence electrons. The van der Waals surface area contributed by atoms with Gasteiger partial charge in [0, 0.05) is 18.1 Å². The van der Waals surface area contributed by atoms with Crippen molar-refractivity contribution in [2.24, 2.45) is 23.8 Å². The fourth-order valence-corrected chi connectivity index (χ4v) is 4.51. The topological polar surface area (TPSA) is 17.8 Å². The first kappa shape index (κ1) is 17.1. The molecular formula is C18H31BrN2. The molecule has 0 N–H and O–H groups in total. The van der Waals surface area contributed by atoms with Gasteiger partial charge in [0.25, 0.3) is 0 Å². The Labute approximate surface area is 138 Å². The van der Waals surface area contributed by atoms with Crippen LogP contribution in [0.15, 0.2) is 6.07 Å². The molecule has 1 aliphatic carbocycles. The second-order valence-electron chi connectivity index (χ2n) is 8.05. The summed E-state index contributed by atoms with van der Waals surface area (Å²) in [7, 11) is 2.09. The first-order chi connectivity index (χ1) is 9.79. The van der Waals surface area contributed by atoms with Crippen LogP contribution < -0.4 is 0 Å². The number of nitrogens with zero attached hydrogens (tertiary/aromatic N) is 2. The van der Waals surface area contributed by atoms with Gasteiger partial charge < -0.3 is 0 Å². The maximum Gasteiger partial charge on any atom is 0.0624 e. The molecule has 0 aliphatic heterocycles. The predicted octanol–water partition coefficient (Wildman–Crippen LogP) is 5.14. The summed E-state index contributed by atoms with van der Waals surface area (Å²) in [5.41, 5.74) is 3.52. The lowest BCUT2D eigenvalue weighted by atomic mass is 9.63. The van der Waals surface area contributed by atoms with Crippen molar-refractivity contribution in [1.82, 2.24) is 9.78 Å². The monoisotopic (exact) mass is 354 g/mol. The van der Waals surface area contributed by atoms with E-state index in [4.69, 9.17) is 0 Å². The SMILES string of the molecule is CCc1cc(CC2(CBr)CCC(C(C)(C)C)CC2)n(C)n1. The minimum Gasteiger partial charge on any atom is -0.272 e. The molecule has 0 unspecified atom stereocenters. The zero-order valence-electron chi connectivity index (χ0n) is 14.4. The average Bonchev–Trinajstić information content (AvgIpc) is 2.79. The van der Waals surface area contributed by atoms with Crippen molar-refractivity contribution in [3.63, 3.8) is 0 Å². The van der Waals surface area contributed by atoms with Gasteiger partial charge in [-0.1, -0.05) is 43.6 Å².